The van der Waals surface area contributed by atoms with Gasteiger partial charge in [-0.2, -0.15) is 0 Å². The van der Waals surface area contributed by atoms with Gasteiger partial charge in [-0.1, -0.05) is 18.2 Å². The number of aromatic hydroxyl groups is 1. The smallest absolute Gasteiger partial charge is 0.336 e. The van der Waals surface area contributed by atoms with E-state index in [9.17, 15) is 19.8 Å². The molecule has 0 saturated carbocycles. The number of phenolic OH excluding ortho intramolecular Hbond substituents is 1. The van der Waals surface area contributed by atoms with E-state index in [1.54, 1.807) is 24.3 Å². The molecule has 1 heterocycles. The SMILES string of the molecule is O=C(O)c1ccccc1CN1C(=O)COc2ccc(O)cc21. The summed E-state index contributed by atoms with van der Waals surface area (Å²) in [5, 5.41) is 18.8. The molecule has 2 N–H and O–H groups in total. The Morgan fingerprint density at radius 2 is 2.00 bits per heavy atom. The predicted octanol–water partition coefficient (Wildman–Crippen LogP) is 2.02. The minimum absolute atomic E-state index is 0.00793. The first-order valence-corrected chi connectivity index (χ1v) is 6.63. The Morgan fingerprint density at radius 1 is 1.23 bits per heavy atom. The van der Waals surface area contributed by atoms with Crippen LogP contribution in [0.15, 0.2) is 42.5 Å². The standard InChI is InChI=1S/C16H13NO5/c18-11-5-6-14-13(7-11)17(15(19)9-22-14)8-10-3-1-2-4-12(10)16(20)21/h1-7,18H,8-9H2,(H,20,21). The largest absolute Gasteiger partial charge is 0.508 e. The van der Waals surface area contributed by atoms with Crippen LogP contribution in [0, 0.1) is 0 Å². The average Bonchev–Trinajstić information content (AvgIpc) is 2.50. The number of fused-ring (bicyclic) bond motifs is 1. The second-order valence-corrected chi connectivity index (χ2v) is 4.88. The Kier molecular flexibility index (Phi) is 3.42. The van der Waals surface area contributed by atoms with Crippen molar-refractivity contribution in [3.05, 3.63) is 53.6 Å². The molecule has 3 rings (SSSR count). The maximum atomic E-state index is 12.1. The van der Waals surface area contributed by atoms with Crippen LogP contribution in [0.2, 0.25) is 0 Å². The fourth-order valence-electron chi connectivity index (χ4n) is 2.40. The Bertz CT molecular complexity index is 756. The summed E-state index contributed by atoms with van der Waals surface area (Å²) in [6.07, 6.45) is 0. The lowest BCUT2D eigenvalue weighted by Gasteiger charge is -2.29. The van der Waals surface area contributed by atoms with E-state index < -0.39 is 5.97 Å². The Hall–Kier alpha value is -3.02. The number of carbonyl (C=O) groups excluding carboxylic acids is 1. The highest BCUT2D eigenvalue weighted by atomic mass is 16.5. The van der Waals surface area contributed by atoms with Gasteiger partial charge in [0.05, 0.1) is 17.8 Å². The van der Waals surface area contributed by atoms with Gasteiger partial charge in [0.25, 0.3) is 5.91 Å². The van der Waals surface area contributed by atoms with Crippen LogP contribution in [0.4, 0.5) is 5.69 Å². The summed E-state index contributed by atoms with van der Waals surface area (Å²) in [5.74, 6) is -0.857. The van der Waals surface area contributed by atoms with E-state index in [4.69, 9.17) is 4.74 Å². The van der Waals surface area contributed by atoms with Crippen LogP contribution < -0.4 is 9.64 Å². The van der Waals surface area contributed by atoms with E-state index in [0.29, 0.717) is 17.0 Å². The molecule has 0 atom stereocenters. The van der Waals surface area contributed by atoms with Crippen LogP contribution >= 0.6 is 0 Å². The maximum absolute atomic E-state index is 12.1. The van der Waals surface area contributed by atoms with Crippen LogP contribution in [0.5, 0.6) is 11.5 Å². The third-order valence-electron chi connectivity index (χ3n) is 3.46. The molecule has 1 amide bonds. The van der Waals surface area contributed by atoms with E-state index in [1.807, 2.05) is 0 Å². The average molecular weight is 299 g/mol. The van der Waals surface area contributed by atoms with Crippen molar-refractivity contribution in [2.45, 2.75) is 6.54 Å². The van der Waals surface area contributed by atoms with E-state index in [2.05, 4.69) is 0 Å². The molecule has 0 aliphatic carbocycles. The summed E-state index contributed by atoms with van der Waals surface area (Å²) in [5.41, 5.74) is 1.08. The zero-order valence-corrected chi connectivity index (χ0v) is 11.5. The van der Waals surface area contributed by atoms with E-state index in [1.165, 1.54) is 23.1 Å². The summed E-state index contributed by atoms with van der Waals surface area (Å²) in [6.45, 7) is -0.0197. The normalized spacial score (nSPS) is 13.5. The van der Waals surface area contributed by atoms with Gasteiger partial charge in [-0.3, -0.25) is 4.79 Å². The van der Waals surface area contributed by atoms with Gasteiger partial charge in [-0.25, -0.2) is 4.79 Å². The second-order valence-electron chi connectivity index (χ2n) is 4.88. The van der Waals surface area contributed by atoms with Crippen molar-refractivity contribution >= 4 is 17.6 Å². The molecule has 22 heavy (non-hydrogen) atoms. The molecular weight excluding hydrogens is 286 g/mol. The number of hydrogen-bond donors (Lipinski definition) is 2. The van der Waals surface area contributed by atoms with Gasteiger partial charge in [-0.15, -0.1) is 0 Å². The number of anilines is 1. The summed E-state index contributed by atoms with van der Waals surface area (Å²) in [7, 11) is 0. The topological polar surface area (TPSA) is 87.1 Å². The first-order valence-electron chi connectivity index (χ1n) is 6.63. The third-order valence-corrected chi connectivity index (χ3v) is 3.46. The van der Waals surface area contributed by atoms with Crippen LogP contribution in [-0.2, 0) is 11.3 Å². The lowest BCUT2D eigenvalue weighted by molar-refractivity contribution is -0.121. The van der Waals surface area contributed by atoms with Crippen molar-refractivity contribution in [3.8, 4) is 11.5 Å². The van der Waals surface area contributed by atoms with Gasteiger partial charge in [0.2, 0.25) is 0 Å². The van der Waals surface area contributed by atoms with Crippen LogP contribution in [-0.4, -0.2) is 28.7 Å². The molecule has 0 aromatic heterocycles. The van der Waals surface area contributed by atoms with Crippen molar-refractivity contribution in [2.75, 3.05) is 11.5 Å². The molecule has 0 unspecified atom stereocenters. The molecule has 0 fully saturated rings. The molecule has 2 aromatic carbocycles. The number of rotatable bonds is 3. The summed E-state index contributed by atoms with van der Waals surface area (Å²) in [4.78, 5) is 24.8. The number of phenols is 1. The van der Waals surface area contributed by atoms with Gasteiger partial charge >= 0.3 is 5.97 Å². The Morgan fingerprint density at radius 3 is 2.77 bits per heavy atom. The molecular formula is C16H13NO5. The van der Waals surface area contributed by atoms with Crippen LogP contribution in [0.1, 0.15) is 15.9 Å². The van der Waals surface area contributed by atoms with Gasteiger partial charge in [0.1, 0.15) is 11.5 Å². The first-order chi connectivity index (χ1) is 10.6. The summed E-state index contributed by atoms with van der Waals surface area (Å²) < 4.78 is 5.32. The molecule has 2 aromatic rings. The van der Waals surface area contributed by atoms with Gasteiger partial charge in [0.15, 0.2) is 6.61 Å². The number of nitrogens with zero attached hydrogens (tertiary/aromatic N) is 1. The number of benzene rings is 2. The van der Waals surface area contributed by atoms with E-state index in [0.717, 1.165) is 0 Å². The zero-order valence-electron chi connectivity index (χ0n) is 11.5. The Labute approximate surface area is 126 Å². The van der Waals surface area contributed by atoms with Crippen molar-refractivity contribution < 1.29 is 24.5 Å². The summed E-state index contributed by atoms with van der Waals surface area (Å²) >= 11 is 0. The molecule has 0 saturated heterocycles. The molecule has 1 aliphatic heterocycles. The minimum Gasteiger partial charge on any atom is -0.508 e. The van der Waals surface area contributed by atoms with E-state index in [-0.39, 0.29) is 30.4 Å². The highest BCUT2D eigenvalue weighted by Crippen LogP contribution is 2.36. The molecule has 112 valence electrons. The number of carbonyl (C=O) groups is 2. The zero-order chi connectivity index (χ0) is 15.7. The van der Waals surface area contributed by atoms with Gasteiger partial charge in [-0.05, 0) is 23.8 Å². The first kappa shape index (κ1) is 13.9. The molecule has 0 bridgehead atoms. The molecule has 6 heteroatoms. The quantitative estimate of drug-likeness (QED) is 0.905. The highest BCUT2D eigenvalue weighted by molar-refractivity contribution is 5.98. The Balaban J connectivity index is 2.01. The lowest BCUT2D eigenvalue weighted by Crippen LogP contribution is -2.38. The van der Waals surface area contributed by atoms with Gasteiger partial charge in [0, 0.05) is 6.07 Å². The predicted molar refractivity (Wildman–Crippen MR) is 78.2 cm³/mol. The lowest BCUT2D eigenvalue weighted by atomic mass is 10.1. The van der Waals surface area contributed by atoms with Crippen LogP contribution in [0.25, 0.3) is 0 Å². The number of hydrogen-bond acceptors (Lipinski definition) is 4. The molecule has 6 nitrogen and oxygen atoms in total. The second kappa shape index (κ2) is 5.40. The number of aromatic carboxylic acids is 1. The third kappa shape index (κ3) is 2.46. The number of carboxylic acid groups (broad SMARTS) is 1. The monoisotopic (exact) mass is 299 g/mol. The van der Waals surface area contributed by atoms with E-state index >= 15 is 0 Å². The maximum Gasteiger partial charge on any atom is 0.336 e. The number of carboxylic acids is 1. The van der Waals surface area contributed by atoms with Gasteiger partial charge < -0.3 is 19.8 Å². The molecule has 0 radical (unpaired) electrons. The number of amides is 1. The van der Waals surface area contributed by atoms with Crippen molar-refractivity contribution in [2.24, 2.45) is 0 Å². The van der Waals surface area contributed by atoms with Crippen LogP contribution in [0.3, 0.4) is 0 Å². The van der Waals surface area contributed by atoms with Crippen molar-refractivity contribution in [1.29, 1.82) is 0 Å². The minimum atomic E-state index is -1.05. The summed E-state index contributed by atoms with van der Waals surface area (Å²) in [6, 6.07) is 11.0. The molecule has 0 spiro atoms. The van der Waals surface area contributed by atoms with Crippen molar-refractivity contribution in [1.82, 2.24) is 0 Å². The highest BCUT2D eigenvalue weighted by Gasteiger charge is 2.27. The fourth-order valence-corrected chi connectivity index (χ4v) is 2.40. The van der Waals surface area contributed by atoms with Crippen molar-refractivity contribution in [3.63, 3.8) is 0 Å². The number of ether oxygens (including phenoxy) is 1. The fraction of sp³-hybridized carbons (Fsp3) is 0.125. The molecule has 1 aliphatic rings.